The number of carbonyl (C=O) groups excluding carboxylic acids is 2. The van der Waals surface area contributed by atoms with Crippen molar-refractivity contribution in [3.8, 4) is 0 Å². The van der Waals surface area contributed by atoms with E-state index in [9.17, 15) is 9.59 Å². The summed E-state index contributed by atoms with van der Waals surface area (Å²) in [5.74, 6) is -0.406. The SMILES string of the molecule is COC(=O)[C@@H](CC(C)C)NC(=O)c1ccc(Br)cc1. The topological polar surface area (TPSA) is 55.4 Å². The van der Waals surface area contributed by atoms with Gasteiger partial charge in [0.15, 0.2) is 0 Å². The van der Waals surface area contributed by atoms with Gasteiger partial charge in [0.2, 0.25) is 0 Å². The number of halogens is 1. The molecule has 0 aliphatic heterocycles. The summed E-state index contributed by atoms with van der Waals surface area (Å²) in [6.07, 6.45) is 0.551. The molecular weight excluding hydrogens is 310 g/mol. The van der Waals surface area contributed by atoms with Crippen molar-refractivity contribution in [2.75, 3.05) is 7.11 Å². The lowest BCUT2D eigenvalue weighted by molar-refractivity contribution is -0.143. The largest absolute Gasteiger partial charge is 0.467 e. The second kappa shape index (κ2) is 7.28. The van der Waals surface area contributed by atoms with Crippen LogP contribution in [0.25, 0.3) is 0 Å². The minimum atomic E-state index is -0.610. The van der Waals surface area contributed by atoms with Crippen LogP contribution in [0.1, 0.15) is 30.6 Å². The standard InChI is InChI=1S/C14H18BrNO3/c1-9(2)8-12(14(18)19-3)16-13(17)10-4-6-11(15)7-5-10/h4-7,9,12H,8H2,1-3H3,(H,16,17)/t12-/m1/s1. The third-order valence-corrected chi connectivity index (χ3v) is 3.13. The quantitative estimate of drug-likeness (QED) is 0.846. The molecule has 1 aromatic carbocycles. The average Bonchev–Trinajstić information content (AvgIpc) is 2.37. The molecule has 0 aliphatic carbocycles. The maximum absolute atomic E-state index is 12.0. The second-order valence-corrected chi connectivity index (χ2v) is 5.60. The summed E-state index contributed by atoms with van der Waals surface area (Å²) in [6, 6.07) is 6.35. The van der Waals surface area contributed by atoms with E-state index >= 15 is 0 Å². The molecule has 1 amide bonds. The van der Waals surface area contributed by atoms with Crippen molar-refractivity contribution in [3.05, 3.63) is 34.3 Å². The van der Waals surface area contributed by atoms with Crippen molar-refractivity contribution in [1.82, 2.24) is 5.32 Å². The van der Waals surface area contributed by atoms with Gasteiger partial charge in [0.05, 0.1) is 7.11 Å². The highest BCUT2D eigenvalue weighted by atomic mass is 79.9. The van der Waals surface area contributed by atoms with E-state index in [1.165, 1.54) is 7.11 Å². The number of nitrogens with one attached hydrogen (secondary N) is 1. The molecule has 0 aliphatic rings. The van der Waals surface area contributed by atoms with E-state index in [4.69, 9.17) is 4.74 Å². The first kappa shape index (κ1) is 15.7. The zero-order chi connectivity index (χ0) is 14.4. The molecule has 0 spiro atoms. The molecule has 1 rings (SSSR count). The predicted molar refractivity (Wildman–Crippen MR) is 76.9 cm³/mol. The van der Waals surface area contributed by atoms with Crippen LogP contribution in [0.2, 0.25) is 0 Å². The fraction of sp³-hybridized carbons (Fsp3) is 0.429. The lowest BCUT2D eigenvalue weighted by Gasteiger charge is -2.18. The van der Waals surface area contributed by atoms with Gasteiger partial charge < -0.3 is 10.1 Å². The van der Waals surface area contributed by atoms with Gasteiger partial charge in [-0.1, -0.05) is 29.8 Å². The van der Waals surface area contributed by atoms with Gasteiger partial charge in [-0.05, 0) is 36.6 Å². The number of carbonyl (C=O) groups is 2. The van der Waals surface area contributed by atoms with Crippen LogP contribution in [-0.4, -0.2) is 25.0 Å². The molecular formula is C14H18BrNO3. The molecule has 5 heteroatoms. The van der Waals surface area contributed by atoms with Crippen molar-refractivity contribution >= 4 is 27.8 Å². The van der Waals surface area contributed by atoms with E-state index in [2.05, 4.69) is 21.2 Å². The average molecular weight is 328 g/mol. The Morgan fingerprint density at radius 1 is 1.26 bits per heavy atom. The third-order valence-electron chi connectivity index (χ3n) is 2.60. The molecule has 1 N–H and O–H groups in total. The molecule has 104 valence electrons. The molecule has 19 heavy (non-hydrogen) atoms. The highest BCUT2D eigenvalue weighted by Crippen LogP contribution is 2.12. The summed E-state index contributed by atoms with van der Waals surface area (Å²) < 4.78 is 5.61. The maximum atomic E-state index is 12.0. The van der Waals surface area contributed by atoms with Crippen molar-refractivity contribution in [3.63, 3.8) is 0 Å². The van der Waals surface area contributed by atoms with Crippen LogP contribution in [-0.2, 0) is 9.53 Å². The molecule has 4 nitrogen and oxygen atoms in total. The molecule has 0 radical (unpaired) electrons. The van der Waals surface area contributed by atoms with Gasteiger partial charge in [-0.3, -0.25) is 4.79 Å². The zero-order valence-electron chi connectivity index (χ0n) is 11.3. The normalized spacial score (nSPS) is 12.1. The molecule has 0 saturated carbocycles. The van der Waals surface area contributed by atoms with Crippen molar-refractivity contribution in [2.45, 2.75) is 26.3 Å². The Balaban J connectivity index is 2.75. The Morgan fingerprint density at radius 2 is 1.84 bits per heavy atom. The van der Waals surface area contributed by atoms with Gasteiger partial charge in [-0.2, -0.15) is 0 Å². The number of ether oxygens (including phenoxy) is 1. The van der Waals surface area contributed by atoms with E-state index in [-0.39, 0.29) is 11.8 Å². The minimum absolute atomic E-state index is 0.274. The number of methoxy groups -OCH3 is 1. The van der Waals surface area contributed by atoms with E-state index in [1.807, 2.05) is 13.8 Å². The summed E-state index contributed by atoms with van der Waals surface area (Å²) in [4.78, 5) is 23.7. The number of hydrogen-bond donors (Lipinski definition) is 1. The number of esters is 1. The Morgan fingerprint density at radius 3 is 2.32 bits per heavy atom. The fourth-order valence-corrected chi connectivity index (χ4v) is 1.93. The number of rotatable bonds is 5. The summed E-state index contributed by atoms with van der Waals surface area (Å²) in [7, 11) is 1.32. The Bertz CT molecular complexity index is 443. The first-order valence-electron chi connectivity index (χ1n) is 6.08. The van der Waals surface area contributed by atoms with E-state index in [1.54, 1.807) is 24.3 Å². The lowest BCUT2D eigenvalue weighted by atomic mass is 10.0. The highest BCUT2D eigenvalue weighted by molar-refractivity contribution is 9.10. The first-order valence-corrected chi connectivity index (χ1v) is 6.87. The monoisotopic (exact) mass is 327 g/mol. The van der Waals surface area contributed by atoms with Gasteiger partial charge >= 0.3 is 5.97 Å². The summed E-state index contributed by atoms with van der Waals surface area (Å²) in [6.45, 7) is 3.98. The second-order valence-electron chi connectivity index (χ2n) is 4.69. The number of amides is 1. The molecule has 0 aromatic heterocycles. The highest BCUT2D eigenvalue weighted by Gasteiger charge is 2.22. The molecule has 0 fully saturated rings. The van der Waals surface area contributed by atoms with Gasteiger partial charge in [-0.25, -0.2) is 4.79 Å². The summed E-state index contributed by atoms with van der Waals surface area (Å²) >= 11 is 3.31. The fourth-order valence-electron chi connectivity index (χ4n) is 1.67. The number of hydrogen-bond acceptors (Lipinski definition) is 3. The van der Waals surface area contributed by atoms with Crippen LogP contribution in [0.3, 0.4) is 0 Å². The molecule has 1 atom stereocenters. The third kappa shape index (κ3) is 5.03. The molecule has 0 heterocycles. The van der Waals surface area contributed by atoms with Crippen molar-refractivity contribution in [2.24, 2.45) is 5.92 Å². The van der Waals surface area contributed by atoms with Crippen LogP contribution in [0.4, 0.5) is 0 Å². The van der Waals surface area contributed by atoms with Gasteiger partial charge in [0, 0.05) is 10.0 Å². The minimum Gasteiger partial charge on any atom is -0.467 e. The van der Waals surface area contributed by atoms with Gasteiger partial charge in [0.1, 0.15) is 6.04 Å². The Hall–Kier alpha value is -1.36. The Kier molecular flexibility index (Phi) is 6.02. The van der Waals surface area contributed by atoms with E-state index in [0.717, 1.165) is 4.47 Å². The van der Waals surface area contributed by atoms with Crippen molar-refractivity contribution in [1.29, 1.82) is 0 Å². The Labute approximate surface area is 121 Å². The predicted octanol–water partition coefficient (Wildman–Crippen LogP) is 2.77. The zero-order valence-corrected chi connectivity index (χ0v) is 12.9. The van der Waals surface area contributed by atoms with Gasteiger partial charge in [0.25, 0.3) is 5.91 Å². The van der Waals surface area contributed by atoms with Crippen LogP contribution >= 0.6 is 15.9 Å². The van der Waals surface area contributed by atoms with Crippen LogP contribution in [0.15, 0.2) is 28.7 Å². The lowest BCUT2D eigenvalue weighted by Crippen LogP contribution is -2.42. The van der Waals surface area contributed by atoms with E-state index < -0.39 is 12.0 Å². The van der Waals surface area contributed by atoms with Crippen LogP contribution in [0, 0.1) is 5.92 Å². The molecule has 1 aromatic rings. The molecule has 0 bridgehead atoms. The van der Waals surface area contributed by atoms with Gasteiger partial charge in [-0.15, -0.1) is 0 Å². The molecule has 0 unspecified atom stereocenters. The first-order chi connectivity index (χ1) is 8.93. The maximum Gasteiger partial charge on any atom is 0.328 e. The van der Waals surface area contributed by atoms with Crippen LogP contribution < -0.4 is 5.32 Å². The summed E-state index contributed by atoms with van der Waals surface area (Å²) in [5.41, 5.74) is 0.515. The van der Waals surface area contributed by atoms with E-state index in [0.29, 0.717) is 12.0 Å². The summed E-state index contributed by atoms with van der Waals surface area (Å²) in [5, 5.41) is 2.71. The van der Waals surface area contributed by atoms with Crippen LogP contribution in [0.5, 0.6) is 0 Å². The van der Waals surface area contributed by atoms with Crippen molar-refractivity contribution < 1.29 is 14.3 Å². The smallest absolute Gasteiger partial charge is 0.328 e. The number of benzene rings is 1. The molecule has 0 saturated heterocycles.